The van der Waals surface area contributed by atoms with E-state index in [1.54, 1.807) is 11.3 Å². The molecule has 1 unspecified atom stereocenters. The van der Waals surface area contributed by atoms with Gasteiger partial charge in [-0.15, -0.1) is 11.3 Å². The zero-order valence-electron chi connectivity index (χ0n) is 10.7. The van der Waals surface area contributed by atoms with Crippen LogP contribution >= 0.6 is 27.3 Å². The fourth-order valence-corrected chi connectivity index (χ4v) is 3.02. The van der Waals surface area contributed by atoms with Crippen LogP contribution in [0.1, 0.15) is 44.2 Å². The van der Waals surface area contributed by atoms with Crippen molar-refractivity contribution in [3.05, 3.63) is 32.9 Å². The molecule has 0 aliphatic heterocycles. The summed E-state index contributed by atoms with van der Waals surface area (Å²) in [6.45, 7) is 7.25. The molecule has 2 rings (SSSR count). The molecule has 18 heavy (non-hydrogen) atoms. The molecule has 0 saturated carbocycles. The molecule has 0 spiro atoms. The second-order valence-electron chi connectivity index (χ2n) is 4.32. The van der Waals surface area contributed by atoms with Gasteiger partial charge in [0.05, 0.1) is 33.6 Å². The van der Waals surface area contributed by atoms with E-state index >= 15 is 0 Å². The molecule has 0 bridgehead atoms. The first-order valence-electron chi connectivity index (χ1n) is 5.99. The molecule has 0 radical (unpaired) electrons. The Balaban J connectivity index is 2.45. The standard InChI is InChI=1S/C12H17BrN4S/c1-4-14-11(10-6-18-7-15-10)12-9(13)5-16-17(12)8(2)3/h5-8,11,14H,4H2,1-3H3. The van der Waals surface area contributed by atoms with Crippen molar-refractivity contribution in [3.63, 3.8) is 0 Å². The third-order valence-electron chi connectivity index (χ3n) is 2.71. The molecule has 1 atom stereocenters. The van der Waals surface area contributed by atoms with E-state index in [9.17, 15) is 0 Å². The molecule has 1 N–H and O–H groups in total. The van der Waals surface area contributed by atoms with Crippen LogP contribution in [0.5, 0.6) is 0 Å². The van der Waals surface area contributed by atoms with Crippen LogP contribution < -0.4 is 5.32 Å². The van der Waals surface area contributed by atoms with Crippen molar-refractivity contribution in [3.8, 4) is 0 Å². The van der Waals surface area contributed by atoms with Crippen molar-refractivity contribution in [1.29, 1.82) is 0 Å². The summed E-state index contributed by atoms with van der Waals surface area (Å²) < 4.78 is 3.06. The van der Waals surface area contributed by atoms with Crippen LogP contribution in [0.25, 0.3) is 0 Å². The van der Waals surface area contributed by atoms with Gasteiger partial charge in [-0.3, -0.25) is 4.68 Å². The Bertz CT molecular complexity index is 492. The Morgan fingerprint density at radius 1 is 1.50 bits per heavy atom. The van der Waals surface area contributed by atoms with E-state index in [4.69, 9.17) is 0 Å². The highest BCUT2D eigenvalue weighted by Crippen LogP contribution is 2.30. The molecule has 98 valence electrons. The highest BCUT2D eigenvalue weighted by Gasteiger charge is 2.23. The van der Waals surface area contributed by atoms with Crippen LogP contribution in [0.4, 0.5) is 0 Å². The summed E-state index contributed by atoms with van der Waals surface area (Å²) in [5, 5.41) is 9.99. The molecular formula is C12H17BrN4S. The predicted molar refractivity (Wildman–Crippen MR) is 77.9 cm³/mol. The number of thiazole rings is 1. The highest BCUT2D eigenvalue weighted by molar-refractivity contribution is 9.10. The molecule has 0 amide bonds. The number of nitrogens with zero attached hydrogens (tertiary/aromatic N) is 3. The van der Waals surface area contributed by atoms with Gasteiger partial charge in [0.15, 0.2) is 0 Å². The molecule has 0 aliphatic carbocycles. The minimum absolute atomic E-state index is 0.0838. The van der Waals surface area contributed by atoms with Crippen LogP contribution in [0.2, 0.25) is 0 Å². The van der Waals surface area contributed by atoms with Gasteiger partial charge < -0.3 is 5.32 Å². The minimum atomic E-state index is 0.0838. The first-order chi connectivity index (χ1) is 8.65. The predicted octanol–water partition coefficient (Wildman–Crippen LogP) is 3.38. The first kappa shape index (κ1) is 13.7. The summed E-state index contributed by atoms with van der Waals surface area (Å²) in [7, 11) is 0. The van der Waals surface area contributed by atoms with E-state index in [2.05, 4.69) is 57.5 Å². The Kier molecular flexibility index (Phi) is 4.53. The maximum absolute atomic E-state index is 4.43. The van der Waals surface area contributed by atoms with Crippen molar-refractivity contribution < 1.29 is 0 Å². The summed E-state index contributed by atoms with van der Waals surface area (Å²) in [5.74, 6) is 0. The maximum Gasteiger partial charge on any atom is 0.0942 e. The summed E-state index contributed by atoms with van der Waals surface area (Å²) in [4.78, 5) is 4.43. The zero-order chi connectivity index (χ0) is 13.1. The monoisotopic (exact) mass is 328 g/mol. The summed E-state index contributed by atoms with van der Waals surface area (Å²) in [5.41, 5.74) is 4.05. The van der Waals surface area contributed by atoms with Crippen molar-refractivity contribution >= 4 is 27.3 Å². The van der Waals surface area contributed by atoms with Crippen LogP contribution in [0.15, 0.2) is 21.6 Å². The van der Waals surface area contributed by atoms with Crippen LogP contribution in [0.3, 0.4) is 0 Å². The van der Waals surface area contributed by atoms with Gasteiger partial charge >= 0.3 is 0 Å². The minimum Gasteiger partial charge on any atom is -0.304 e. The SMILES string of the molecule is CCNC(c1cscn1)c1c(Br)cnn1C(C)C. The summed E-state index contributed by atoms with van der Waals surface area (Å²) >= 11 is 5.21. The van der Waals surface area contributed by atoms with E-state index in [1.165, 1.54) is 0 Å². The smallest absolute Gasteiger partial charge is 0.0942 e. The van der Waals surface area contributed by atoms with Gasteiger partial charge in [0, 0.05) is 11.4 Å². The number of aromatic nitrogens is 3. The molecule has 6 heteroatoms. The second kappa shape index (κ2) is 5.95. The van der Waals surface area contributed by atoms with E-state index in [1.807, 2.05) is 16.4 Å². The van der Waals surface area contributed by atoms with Gasteiger partial charge in [-0.2, -0.15) is 5.10 Å². The highest BCUT2D eigenvalue weighted by atomic mass is 79.9. The fourth-order valence-electron chi connectivity index (χ4n) is 1.94. The lowest BCUT2D eigenvalue weighted by Crippen LogP contribution is -2.26. The first-order valence-corrected chi connectivity index (χ1v) is 7.73. The van der Waals surface area contributed by atoms with Crippen molar-refractivity contribution in [1.82, 2.24) is 20.1 Å². The lowest BCUT2D eigenvalue weighted by Gasteiger charge is -2.20. The summed E-state index contributed by atoms with van der Waals surface area (Å²) in [6.07, 6.45) is 1.85. The van der Waals surface area contributed by atoms with Crippen LogP contribution in [-0.4, -0.2) is 21.3 Å². The lowest BCUT2D eigenvalue weighted by molar-refractivity contribution is 0.472. The van der Waals surface area contributed by atoms with E-state index in [0.29, 0.717) is 6.04 Å². The van der Waals surface area contributed by atoms with Crippen LogP contribution in [-0.2, 0) is 0 Å². The molecule has 0 aliphatic rings. The topological polar surface area (TPSA) is 42.7 Å². The Labute approximate surface area is 120 Å². The molecule has 0 aromatic carbocycles. The number of rotatable bonds is 5. The molecule has 2 heterocycles. The number of hydrogen-bond donors (Lipinski definition) is 1. The summed E-state index contributed by atoms with van der Waals surface area (Å²) in [6, 6.07) is 0.409. The lowest BCUT2D eigenvalue weighted by atomic mass is 10.1. The quantitative estimate of drug-likeness (QED) is 0.914. The molecule has 4 nitrogen and oxygen atoms in total. The molecule has 0 saturated heterocycles. The van der Waals surface area contributed by atoms with Crippen molar-refractivity contribution in [2.45, 2.75) is 32.9 Å². The van der Waals surface area contributed by atoms with Crippen LogP contribution in [0, 0.1) is 0 Å². The van der Waals surface area contributed by atoms with Crippen molar-refractivity contribution in [2.75, 3.05) is 6.54 Å². The molecular weight excluding hydrogens is 312 g/mol. The molecule has 2 aromatic heterocycles. The van der Waals surface area contributed by atoms with Crippen molar-refractivity contribution in [2.24, 2.45) is 0 Å². The van der Waals surface area contributed by atoms with Gasteiger partial charge in [-0.1, -0.05) is 6.92 Å². The molecule has 0 fully saturated rings. The van der Waals surface area contributed by atoms with Gasteiger partial charge in [0.1, 0.15) is 0 Å². The average molecular weight is 329 g/mol. The average Bonchev–Trinajstić information content (AvgIpc) is 2.95. The zero-order valence-corrected chi connectivity index (χ0v) is 13.1. The van der Waals surface area contributed by atoms with Gasteiger partial charge in [-0.25, -0.2) is 4.98 Å². The van der Waals surface area contributed by atoms with E-state index in [-0.39, 0.29) is 6.04 Å². The second-order valence-corrected chi connectivity index (χ2v) is 5.89. The number of halogens is 1. The Morgan fingerprint density at radius 2 is 2.28 bits per heavy atom. The third kappa shape index (κ3) is 2.65. The van der Waals surface area contributed by atoms with Gasteiger partial charge in [-0.05, 0) is 36.3 Å². The number of nitrogens with one attached hydrogen (secondary N) is 1. The van der Waals surface area contributed by atoms with Gasteiger partial charge in [0.2, 0.25) is 0 Å². The largest absolute Gasteiger partial charge is 0.304 e. The van der Waals surface area contributed by atoms with Gasteiger partial charge in [0.25, 0.3) is 0 Å². The normalized spacial score (nSPS) is 13.2. The molecule has 2 aromatic rings. The maximum atomic E-state index is 4.43. The Morgan fingerprint density at radius 3 is 2.83 bits per heavy atom. The van der Waals surface area contributed by atoms with E-state index in [0.717, 1.165) is 22.4 Å². The Hall–Kier alpha value is -0.720. The third-order valence-corrected chi connectivity index (χ3v) is 3.92. The number of hydrogen-bond acceptors (Lipinski definition) is 4. The van der Waals surface area contributed by atoms with E-state index < -0.39 is 0 Å². The fraction of sp³-hybridized carbons (Fsp3) is 0.500.